The number of halogens is 3. The Balaban J connectivity index is 1.50. The first-order valence-corrected chi connectivity index (χ1v) is 10.3. The van der Waals surface area contributed by atoms with Crippen LogP contribution in [0.25, 0.3) is 21.3 Å². The maximum atomic E-state index is 12.7. The monoisotopic (exact) mass is 422 g/mol. The summed E-state index contributed by atoms with van der Waals surface area (Å²) in [7, 11) is 0. The number of hydrogen-bond donors (Lipinski definition) is 2. The molecule has 0 amide bonds. The lowest BCUT2D eigenvalue weighted by Gasteiger charge is -2.33. The van der Waals surface area contributed by atoms with E-state index in [9.17, 15) is 18.3 Å². The quantitative estimate of drug-likeness (QED) is 0.632. The van der Waals surface area contributed by atoms with Crippen molar-refractivity contribution in [2.24, 2.45) is 0 Å². The van der Waals surface area contributed by atoms with Gasteiger partial charge in [0.1, 0.15) is 11.6 Å². The van der Waals surface area contributed by atoms with Crippen LogP contribution >= 0.6 is 11.3 Å². The molecule has 0 bridgehead atoms. The maximum Gasteiger partial charge on any atom is 0.401 e. The molecule has 1 aliphatic heterocycles. The zero-order valence-electron chi connectivity index (χ0n) is 15.8. The second-order valence-electron chi connectivity index (χ2n) is 7.39. The fourth-order valence-corrected chi connectivity index (χ4v) is 4.61. The lowest BCUT2D eigenvalue weighted by atomic mass is 10.0. The van der Waals surface area contributed by atoms with Crippen molar-refractivity contribution in [3.8, 4) is 17.0 Å². The number of phenolic OH excluding ortho intramolecular Hbond substituents is 1. The normalized spacial score (nSPS) is 18.3. The Morgan fingerprint density at radius 2 is 2.10 bits per heavy atom. The molecule has 0 saturated carbocycles. The van der Waals surface area contributed by atoms with E-state index in [0.717, 1.165) is 22.1 Å². The fourth-order valence-electron chi connectivity index (χ4n) is 3.82. The molecule has 0 radical (unpaired) electrons. The molecule has 1 atom stereocenters. The zero-order chi connectivity index (χ0) is 20.6. The third kappa shape index (κ3) is 4.45. The summed E-state index contributed by atoms with van der Waals surface area (Å²) in [6.45, 7) is 1.76. The predicted molar refractivity (Wildman–Crippen MR) is 108 cm³/mol. The molecule has 1 aromatic carbocycles. The highest BCUT2D eigenvalue weighted by molar-refractivity contribution is 7.17. The third-order valence-electron chi connectivity index (χ3n) is 5.11. The molecule has 1 aliphatic rings. The molecule has 3 aromatic rings. The number of alkyl halides is 3. The van der Waals surface area contributed by atoms with Gasteiger partial charge < -0.3 is 10.4 Å². The number of nitrogens with one attached hydrogen (secondary N) is 1. The first-order valence-electron chi connectivity index (χ1n) is 9.40. The van der Waals surface area contributed by atoms with Crippen LogP contribution in [0.2, 0.25) is 0 Å². The van der Waals surface area contributed by atoms with Crippen LogP contribution in [0.15, 0.2) is 29.6 Å². The van der Waals surface area contributed by atoms with E-state index in [1.54, 1.807) is 11.3 Å². The summed E-state index contributed by atoms with van der Waals surface area (Å²) in [5, 5.41) is 25.0. The van der Waals surface area contributed by atoms with Crippen molar-refractivity contribution >= 4 is 27.2 Å². The number of piperidine rings is 1. The van der Waals surface area contributed by atoms with Crippen molar-refractivity contribution in [2.75, 3.05) is 25.0 Å². The molecule has 0 aliphatic carbocycles. The van der Waals surface area contributed by atoms with Crippen molar-refractivity contribution in [3.63, 3.8) is 0 Å². The molecule has 1 saturated heterocycles. The summed E-state index contributed by atoms with van der Waals surface area (Å²) in [6.07, 6.45) is -2.70. The van der Waals surface area contributed by atoms with Gasteiger partial charge in [0.2, 0.25) is 0 Å². The minimum Gasteiger partial charge on any atom is -0.507 e. The Labute approximate surface area is 170 Å². The summed E-state index contributed by atoms with van der Waals surface area (Å²) in [5.74, 6) is 0.707. The molecular formula is C20H21F3N4OS. The summed E-state index contributed by atoms with van der Waals surface area (Å²) in [5.41, 5.74) is 2.03. The Morgan fingerprint density at radius 3 is 2.86 bits per heavy atom. The molecule has 0 unspecified atom stereocenters. The second-order valence-corrected chi connectivity index (χ2v) is 8.34. The van der Waals surface area contributed by atoms with Crippen LogP contribution in [0, 0.1) is 6.92 Å². The lowest BCUT2D eigenvalue weighted by molar-refractivity contribution is -0.147. The number of phenols is 1. The molecule has 9 heteroatoms. The number of benzene rings is 1. The SMILES string of the molecule is Cc1cc(N[C@H]2CCCN(CC(F)(F)F)C2)nnc1-c1ccc2sccc2c1O. The van der Waals surface area contributed by atoms with Crippen molar-refractivity contribution < 1.29 is 18.3 Å². The van der Waals surface area contributed by atoms with Gasteiger partial charge in [-0.2, -0.15) is 13.2 Å². The smallest absolute Gasteiger partial charge is 0.401 e. The van der Waals surface area contributed by atoms with Crippen LogP contribution in [0.3, 0.4) is 0 Å². The van der Waals surface area contributed by atoms with E-state index < -0.39 is 12.7 Å². The molecule has 0 spiro atoms. The van der Waals surface area contributed by atoms with Gasteiger partial charge in [-0.05, 0) is 61.5 Å². The molecule has 5 nitrogen and oxygen atoms in total. The second kappa shape index (κ2) is 7.79. The number of aromatic nitrogens is 2. The van der Waals surface area contributed by atoms with Crippen molar-refractivity contribution in [2.45, 2.75) is 32.0 Å². The van der Waals surface area contributed by atoms with Crippen molar-refractivity contribution in [1.82, 2.24) is 15.1 Å². The minimum atomic E-state index is -4.19. The molecule has 29 heavy (non-hydrogen) atoms. The predicted octanol–water partition coefficient (Wildman–Crippen LogP) is 4.81. The first-order chi connectivity index (χ1) is 13.8. The molecule has 154 valence electrons. The topological polar surface area (TPSA) is 61.3 Å². The van der Waals surface area contributed by atoms with Gasteiger partial charge >= 0.3 is 6.18 Å². The summed E-state index contributed by atoms with van der Waals surface area (Å²) < 4.78 is 39.0. The van der Waals surface area contributed by atoms with Gasteiger partial charge in [-0.3, -0.25) is 4.90 Å². The van der Waals surface area contributed by atoms with E-state index >= 15 is 0 Å². The number of thiophene rings is 1. The van der Waals surface area contributed by atoms with E-state index in [2.05, 4.69) is 15.5 Å². The maximum absolute atomic E-state index is 12.7. The van der Waals surface area contributed by atoms with Crippen LogP contribution in [0.4, 0.5) is 19.0 Å². The van der Waals surface area contributed by atoms with E-state index in [0.29, 0.717) is 36.6 Å². The van der Waals surface area contributed by atoms with E-state index in [1.807, 2.05) is 36.6 Å². The average molecular weight is 422 g/mol. The molecule has 2 aromatic heterocycles. The number of fused-ring (bicyclic) bond motifs is 1. The summed E-state index contributed by atoms with van der Waals surface area (Å²) in [4.78, 5) is 1.42. The summed E-state index contributed by atoms with van der Waals surface area (Å²) >= 11 is 1.55. The fraction of sp³-hybridized carbons (Fsp3) is 0.400. The van der Waals surface area contributed by atoms with Crippen LogP contribution < -0.4 is 5.32 Å². The number of hydrogen-bond acceptors (Lipinski definition) is 6. The first kappa shape index (κ1) is 19.9. The average Bonchev–Trinajstić information content (AvgIpc) is 3.11. The van der Waals surface area contributed by atoms with Crippen molar-refractivity contribution in [1.29, 1.82) is 0 Å². The van der Waals surface area contributed by atoms with Crippen molar-refractivity contribution in [3.05, 3.63) is 35.2 Å². The van der Waals surface area contributed by atoms with Gasteiger partial charge in [0.05, 0.1) is 12.2 Å². The van der Waals surface area contributed by atoms with Crippen LogP contribution in [0.5, 0.6) is 5.75 Å². The van der Waals surface area contributed by atoms with Crippen LogP contribution in [-0.4, -0.2) is 52.1 Å². The Bertz CT molecular complexity index is 1020. The number of nitrogens with zero attached hydrogens (tertiary/aromatic N) is 3. The molecular weight excluding hydrogens is 401 g/mol. The Morgan fingerprint density at radius 1 is 1.28 bits per heavy atom. The van der Waals surface area contributed by atoms with Gasteiger partial charge in [-0.15, -0.1) is 21.5 Å². The minimum absolute atomic E-state index is 0.110. The molecule has 4 rings (SSSR count). The van der Waals surface area contributed by atoms with Crippen LogP contribution in [-0.2, 0) is 0 Å². The summed E-state index contributed by atoms with van der Waals surface area (Å²) in [6, 6.07) is 7.35. The van der Waals surface area contributed by atoms with Gasteiger partial charge in [0, 0.05) is 28.2 Å². The van der Waals surface area contributed by atoms with Gasteiger partial charge in [0.15, 0.2) is 0 Å². The number of aryl methyl sites for hydroxylation is 1. The number of anilines is 1. The highest BCUT2D eigenvalue weighted by Crippen LogP contribution is 2.38. The lowest BCUT2D eigenvalue weighted by Crippen LogP contribution is -2.45. The highest BCUT2D eigenvalue weighted by Gasteiger charge is 2.33. The molecule has 2 N–H and O–H groups in total. The van der Waals surface area contributed by atoms with Crippen LogP contribution in [0.1, 0.15) is 18.4 Å². The van der Waals surface area contributed by atoms with Gasteiger partial charge in [0.25, 0.3) is 0 Å². The Kier molecular flexibility index (Phi) is 5.35. The van der Waals surface area contributed by atoms with E-state index in [-0.39, 0.29) is 11.8 Å². The number of likely N-dealkylation sites (tertiary alicyclic amines) is 1. The van der Waals surface area contributed by atoms with Gasteiger partial charge in [-0.25, -0.2) is 0 Å². The zero-order valence-corrected chi connectivity index (χ0v) is 16.6. The highest BCUT2D eigenvalue weighted by atomic mass is 32.1. The third-order valence-corrected chi connectivity index (χ3v) is 5.99. The number of aromatic hydroxyl groups is 1. The van der Waals surface area contributed by atoms with Gasteiger partial charge in [-0.1, -0.05) is 0 Å². The van der Waals surface area contributed by atoms with E-state index in [1.165, 1.54) is 4.90 Å². The standard InChI is InChI=1S/C20H21F3N4OS/c1-12-9-17(24-13-3-2-7-27(10-13)11-20(21,22)23)25-26-18(12)15-4-5-16-14(19(15)28)6-8-29-16/h4-6,8-9,13,28H,2-3,7,10-11H2,1H3,(H,24,25)/t13-/m0/s1. The Hall–Kier alpha value is -2.39. The molecule has 3 heterocycles. The molecule has 1 fully saturated rings. The largest absolute Gasteiger partial charge is 0.507 e. The van der Waals surface area contributed by atoms with E-state index in [4.69, 9.17) is 0 Å². The number of rotatable bonds is 4.